The monoisotopic (exact) mass is 426 g/mol. The molecule has 0 N–H and O–H groups in total. The first-order valence-corrected chi connectivity index (χ1v) is 12.0. The van der Waals surface area contributed by atoms with E-state index < -0.39 is 9.84 Å². The van der Waals surface area contributed by atoms with Crippen LogP contribution >= 0.6 is 11.3 Å². The van der Waals surface area contributed by atoms with Gasteiger partial charge in [-0.2, -0.15) is 0 Å². The molecule has 1 aromatic carbocycles. The molecule has 6 nitrogen and oxygen atoms in total. The summed E-state index contributed by atoms with van der Waals surface area (Å²) >= 11 is 1.30. The Balaban J connectivity index is 1.51. The average Bonchev–Trinajstić information content (AvgIpc) is 3.23. The molecule has 2 fully saturated rings. The zero-order chi connectivity index (χ0) is 19.9. The maximum absolute atomic E-state index is 14.3. The number of fused-ring (bicyclic) bond motifs is 1. The second-order valence-electron chi connectivity index (χ2n) is 7.34. The number of methoxy groups -OCH3 is 1. The lowest BCUT2D eigenvalue weighted by atomic mass is 10.1. The predicted octanol–water partition coefficient (Wildman–Crippen LogP) is 2.13. The summed E-state index contributed by atoms with van der Waals surface area (Å²) in [6.45, 7) is 2.58. The van der Waals surface area contributed by atoms with Crippen LogP contribution in [0.1, 0.15) is 21.7 Å². The Bertz CT molecular complexity index is 997. The highest BCUT2D eigenvalue weighted by molar-refractivity contribution is 7.91. The van der Waals surface area contributed by atoms with Crippen molar-refractivity contribution in [2.45, 2.75) is 19.1 Å². The first-order valence-electron chi connectivity index (χ1n) is 9.32. The first kappa shape index (κ1) is 19.8. The molecule has 0 bridgehead atoms. The molecule has 3 heterocycles. The van der Waals surface area contributed by atoms with Gasteiger partial charge < -0.3 is 9.64 Å². The van der Waals surface area contributed by atoms with Gasteiger partial charge in [-0.15, -0.1) is 11.3 Å². The van der Waals surface area contributed by atoms with Crippen molar-refractivity contribution in [3.8, 4) is 0 Å². The van der Waals surface area contributed by atoms with Crippen LogP contribution in [-0.2, 0) is 21.2 Å². The molecule has 2 aliphatic heterocycles. The fourth-order valence-corrected chi connectivity index (χ4v) is 7.07. The van der Waals surface area contributed by atoms with Crippen LogP contribution in [0.25, 0.3) is 10.1 Å². The van der Waals surface area contributed by atoms with E-state index in [0.717, 1.165) is 4.70 Å². The number of sulfone groups is 1. The van der Waals surface area contributed by atoms with Crippen molar-refractivity contribution in [1.29, 1.82) is 0 Å². The molecule has 28 heavy (non-hydrogen) atoms. The molecule has 0 aliphatic carbocycles. The van der Waals surface area contributed by atoms with E-state index in [2.05, 4.69) is 4.90 Å². The maximum Gasteiger partial charge on any atom is 0.264 e. The van der Waals surface area contributed by atoms with Gasteiger partial charge in [-0.1, -0.05) is 6.07 Å². The van der Waals surface area contributed by atoms with Gasteiger partial charge in [0.25, 0.3) is 5.91 Å². The van der Waals surface area contributed by atoms with E-state index in [1.54, 1.807) is 11.0 Å². The minimum atomic E-state index is -2.92. The highest BCUT2D eigenvalue weighted by atomic mass is 32.2. The van der Waals surface area contributed by atoms with E-state index in [1.165, 1.54) is 24.5 Å². The molecule has 9 heteroatoms. The average molecular weight is 427 g/mol. The molecule has 2 aliphatic rings. The Kier molecular flexibility index (Phi) is 5.43. The lowest BCUT2D eigenvalue weighted by molar-refractivity contribution is 0.0589. The van der Waals surface area contributed by atoms with Crippen molar-refractivity contribution >= 4 is 37.2 Å². The standard InChI is InChI=1S/C19H23FN2O4S2/c1-26-11-14-17-15(20)3-2-4-16(17)27-18(14)19(23)22-8-6-21(7-9-22)13-5-10-28(24,25)12-13/h2-4,13H,5-12H2,1H3/t13-/m0/s1. The van der Waals surface area contributed by atoms with Gasteiger partial charge in [0.1, 0.15) is 5.82 Å². The zero-order valence-electron chi connectivity index (χ0n) is 15.7. The lowest BCUT2D eigenvalue weighted by Gasteiger charge is -2.37. The van der Waals surface area contributed by atoms with Crippen molar-refractivity contribution < 1.29 is 22.3 Å². The molecule has 0 saturated carbocycles. The van der Waals surface area contributed by atoms with E-state index in [4.69, 9.17) is 4.74 Å². The van der Waals surface area contributed by atoms with Crippen molar-refractivity contribution in [1.82, 2.24) is 9.80 Å². The first-order chi connectivity index (χ1) is 13.4. The molecule has 1 atom stereocenters. The zero-order valence-corrected chi connectivity index (χ0v) is 17.3. The van der Waals surface area contributed by atoms with E-state index in [-0.39, 0.29) is 35.9 Å². The quantitative estimate of drug-likeness (QED) is 0.749. The normalized spacial score (nSPS) is 22.8. The highest BCUT2D eigenvalue weighted by Gasteiger charge is 2.35. The number of piperazine rings is 1. The molecule has 1 aromatic heterocycles. The summed E-state index contributed by atoms with van der Waals surface area (Å²) < 4.78 is 43.8. The molecule has 2 aromatic rings. The predicted molar refractivity (Wildman–Crippen MR) is 107 cm³/mol. The molecule has 0 radical (unpaired) electrons. The van der Waals surface area contributed by atoms with Crippen LogP contribution in [-0.4, -0.2) is 75.0 Å². The number of hydrogen-bond donors (Lipinski definition) is 0. The minimum Gasteiger partial charge on any atom is -0.380 e. The van der Waals surface area contributed by atoms with Crippen LogP contribution in [0, 0.1) is 5.82 Å². The highest BCUT2D eigenvalue weighted by Crippen LogP contribution is 2.35. The number of rotatable bonds is 4. The lowest BCUT2D eigenvalue weighted by Crippen LogP contribution is -2.52. The Labute approximate surface area is 167 Å². The molecular formula is C19H23FN2O4S2. The fraction of sp³-hybridized carbons (Fsp3) is 0.526. The van der Waals surface area contributed by atoms with Crippen molar-refractivity contribution in [2.75, 3.05) is 44.8 Å². The summed E-state index contributed by atoms with van der Waals surface area (Å²) in [5.74, 6) is 0.0254. The maximum atomic E-state index is 14.3. The number of nitrogens with zero attached hydrogens (tertiary/aromatic N) is 2. The van der Waals surface area contributed by atoms with E-state index in [0.29, 0.717) is 48.4 Å². The van der Waals surface area contributed by atoms with Gasteiger partial charge in [-0.05, 0) is 18.6 Å². The van der Waals surface area contributed by atoms with Crippen LogP contribution in [0.2, 0.25) is 0 Å². The number of thiophene rings is 1. The van der Waals surface area contributed by atoms with E-state index in [9.17, 15) is 17.6 Å². The summed E-state index contributed by atoms with van der Waals surface area (Å²) in [6.07, 6.45) is 0.670. The number of carbonyl (C=O) groups excluding carboxylic acids is 1. The second-order valence-corrected chi connectivity index (χ2v) is 10.6. The largest absolute Gasteiger partial charge is 0.380 e. The second kappa shape index (κ2) is 7.70. The van der Waals surface area contributed by atoms with Crippen molar-refractivity contribution in [2.24, 2.45) is 0 Å². The number of carbonyl (C=O) groups is 1. The van der Waals surface area contributed by atoms with Gasteiger partial charge in [-0.3, -0.25) is 9.69 Å². The van der Waals surface area contributed by atoms with Gasteiger partial charge in [-0.25, -0.2) is 12.8 Å². The summed E-state index contributed by atoms with van der Waals surface area (Å²) in [5, 5.41) is 0.465. The van der Waals surface area contributed by atoms with Crippen LogP contribution < -0.4 is 0 Å². The number of benzene rings is 1. The Morgan fingerprint density at radius 2 is 2.04 bits per heavy atom. The van der Waals surface area contributed by atoms with Gasteiger partial charge in [0, 0.05) is 55.0 Å². The molecule has 2 saturated heterocycles. The molecule has 152 valence electrons. The number of halogens is 1. The molecule has 0 unspecified atom stereocenters. The SMILES string of the molecule is COCc1c(C(=O)N2CCN([C@H]3CCS(=O)(=O)C3)CC2)sc2cccc(F)c12. The topological polar surface area (TPSA) is 66.9 Å². The summed E-state index contributed by atoms with van der Waals surface area (Å²) in [4.78, 5) is 17.6. The number of amides is 1. The summed E-state index contributed by atoms with van der Waals surface area (Å²) in [7, 11) is -1.38. The molecular weight excluding hydrogens is 403 g/mol. The fourth-order valence-electron chi connectivity index (χ4n) is 4.12. The summed E-state index contributed by atoms with van der Waals surface area (Å²) in [5.41, 5.74) is 0.606. The third kappa shape index (κ3) is 3.68. The number of ether oxygens (including phenoxy) is 1. The Morgan fingerprint density at radius 1 is 1.29 bits per heavy atom. The smallest absolute Gasteiger partial charge is 0.264 e. The van der Waals surface area contributed by atoms with Crippen LogP contribution in [0.5, 0.6) is 0 Å². The van der Waals surface area contributed by atoms with Gasteiger partial charge in [0.2, 0.25) is 0 Å². The number of hydrogen-bond acceptors (Lipinski definition) is 6. The van der Waals surface area contributed by atoms with Crippen molar-refractivity contribution in [3.05, 3.63) is 34.5 Å². The molecule has 0 spiro atoms. The Morgan fingerprint density at radius 3 is 2.68 bits per heavy atom. The van der Waals surface area contributed by atoms with Gasteiger partial charge in [0.15, 0.2) is 9.84 Å². The molecule has 1 amide bonds. The van der Waals surface area contributed by atoms with Gasteiger partial charge >= 0.3 is 0 Å². The molecule has 4 rings (SSSR count). The summed E-state index contributed by atoms with van der Waals surface area (Å²) in [6, 6.07) is 4.92. The minimum absolute atomic E-state index is 0.0599. The van der Waals surface area contributed by atoms with Crippen molar-refractivity contribution in [3.63, 3.8) is 0 Å². The van der Waals surface area contributed by atoms with Crippen LogP contribution in [0.3, 0.4) is 0 Å². The van der Waals surface area contributed by atoms with Gasteiger partial charge in [0.05, 0.1) is 23.0 Å². The Hall–Kier alpha value is -1.55. The van der Waals surface area contributed by atoms with Crippen LogP contribution in [0.4, 0.5) is 4.39 Å². The third-order valence-electron chi connectivity index (χ3n) is 5.57. The third-order valence-corrected chi connectivity index (χ3v) is 8.51. The van der Waals surface area contributed by atoms with Crippen LogP contribution in [0.15, 0.2) is 18.2 Å². The van der Waals surface area contributed by atoms with E-state index >= 15 is 0 Å². The van der Waals surface area contributed by atoms with E-state index in [1.807, 2.05) is 6.07 Å².